The zero-order chi connectivity index (χ0) is 23.4. The van der Waals surface area contributed by atoms with Crippen molar-refractivity contribution in [1.82, 2.24) is 19.9 Å². The summed E-state index contributed by atoms with van der Waals surface area (Å²) < 4.78 is 13.4. The Balaban J connectivity index is 1.43. The molecule has 1 amide bonds. The van der Waals surface area contributed by atoms with E-state index in [-0.39, 0.29) is 6.61 Å². The SMILES string of the molecule is Cc1nc(Nc2ncc(C(=O)Nc3c(CF)csc3Cl)s2)cc(N2CCN(CCO)CC2)n1. The molecular weight excluding hydrogens is 489 g/mol. The average molecular weight is 512 g/mol. The van der Waals surface area contributed by atoms with Crippen molar-refractivity contribution in [2.75, 3.05) is 54.9 Å². The largest absolute Gasteiger partial charge is 0.395 e. The third kappa shape index (κ3) is 5.76. The van der Waals surface area contributed by atoms with Crippen LogP contribution < -0.4 is 15.5 Å². The Hall–Kier alpha value is -2.38. The van der Waals surface area contributed by atoms with Crippen LogP contribution in [-0.4, -0.2) is 70.2 Å². The van der Waals surface area contributed by atoms with Gasteiger partial charge in [0.2, 0.25) is 0 Å². The van der Waals surface area contributed by atoms with Gasteiger partial charge in [0.1, 0.15) is 33.3 Å². The summed E-state index contributed by atoms with van der Waals surface area (Å²) in [6.07, 6.45) is 1.45. The van der Waals surface area contributed by atoms with E-state index < -0.39 is 12.6 Å². The highest BCUT2D eigenvalue weighted by molar-refractivity contribution is 7.17. The molecular formula is C20H23ClFN7O2S2. The molecule has 9 nitrogen and oxygen atoms in total. The van der Waals surface area contributed by atoms with Gasteiger partial charge in [-0.1, -0.05) is 22.9 Å². The molecule has 4 heterocycles. The van der Waals surface area contributed by atoms with Crippen LogP contribution in [0.15, 0.2) is 17.6 Å². The first-order valence-corrected chi connectivity index (χ1v) is 12.3. The number of amides is 1. The number of anilines is 4. The van der Waals surface area contributed by atoms with Crippen LogP contribution in [0, 0.1) is 6.92 Å². The number of hydrogen-bond acceptors (Lipinski definition) is 10. The van der Waals surface area contributed by atoms with Gasteiger partial charge in [0.15, 0.2) is 5.13 Å². The van der Waals surface area contributed by atoms with Crippen molar-refractivity contribution in [3.63, 3.8) is 0 Å². The molecule has 1 aliphatic heterocycles. The van der Waals surface area contributed by atoms with E-state index in [1.807, 2.05) is 13.0 Å². The quantitative estimate of drug-likeness (QED) is 0.421. The lowest BCUT2D eigenvalue weighted by atomic mass is 10.3. The molecule has 176 valence electrons. The topological polar surface area (TPSA) is 107 Å². The van der Waals surface area contributed by atoms with Gasteiger partial charge in [0.05, 0.1) is 18.5 Å². The Bertz CT molecular complexity index is 1120. The number of nitrogens with one attached hydrogen (secondary N) is 2. The van der Waals surface area contributed by atoms with E-state index in [9.17, 15) is 9.18 Å². The summed E-state index contributed by atoms with van der Waals surface area (Å²) >= 11 is 8.39. The molecule has 4 rings (SSSR count). The number of aliphatic hydroxyl groups is 1. The monoisotopic (exact) mass is 511 g/mol. The number of aryl methyl sites for hydroxylation is 1. The average Bonchev–Trinajstić information content (AvgIpc) is 3.41. The van der Waals surface area contributed by atoms with Crippen molar-refractivity contribution in [2.24, 2.45) is 0 Å². The number of hydrogen-bond donors (Lipinski definition) is 3. The minimum atomic E-state index is -0.708. The minimum absolute atomic E-state index is 0.159. The number of β-amino-alcohol motifs (C(OH)–C–C–N with tert-alkyl or cyclic N) is 1. The lowest BCUT2D eigenvalue weighted by molar-refractivity contribution is 0.103. The summed E-state index contributed by atoms with van der Waals surface area (Å²) in [4.78, 5) is 30.6. The van der Waals surface area contributed by atoms with Crippen LogP contribution in [0.3, 0.4) is 0 Å². The standard InChI is InChI=1S/C20H23ClFN7O2S2/c1-12-24-15(8-16(25-12)29-4-2-28(3-5-29)6-7-30)26-20-23-10-14(33-20)19(31)27-17-13(9-22)11-32-18(17)21/h8,10-11,30H,2-7,9H2,1H3,(H,27,31)(H,23,24,25,26). The van der Waals surface area contributed by atoms with E-state index in [0.29, 0.717) is 43.8 Å². The lowest BCUT2D eigenvalue weighted by Gasteiger charge is -2.35. The smallest absolute Gasteiger partial charge is 0.267 e. The zero-order valence-electron chi connectivity index (χ0n) is 17.8. The molecule has 13 heteroatoms. The van der Waals surface area contributed by atoms with Crippen LogP contribution >= 0.6 is 34.3 Å². The molecule has 3 aromatic heterocycles. The maximum atomic E-state index is 13.1. The molecule has 1 fully saturated rings. The number of thiophene rings is 1. The predicted molar refractivity (Wildman–Crippen MR) is 130 cm³/mol. The predicted octanol–water partition coefficient (Wildman–Crippen LogP) is 3.54. The fraction of sp³-hybridized carbons (Fsp3) is 0.400. The number of piperazine rings is 1. The van der Waals surface area contributed by atoms with Crippen molar-refractivity contribution in [2.45, 2.75) is 13.6 Å². The molecule has 3 N–H and O–H groups in total. The maximum absolute atomic E-state index is 13.1. The third-order valence-corrected chi connectivity index (χ3v) is 7.29. The van der Waals surface area contributed by atoms with Crippen LogP contribution in [0.5, 0.6) is 0 Å². The summed E-state index contributed by atoms with van der Waals surface area (Å²) in [5.41, 5.74) is 0.648. The molecule has 0 spiro atoms. The van der Waals surface area contributed by atoms with Crippen LogP contribution in [0.25, 0.3) is 0 Å². The van der Waals surface area contributed by atoms with Gasteiger partial charge in [-0.3, -0.25) is 9.69 Å². The lowest BCUT2D eigenvalue weighted by Crippen LogP contribution is -2.47. The van der Waals surface area contributed by atoms with Gasteiger partial charge in [0.25, 0.3) is 5.91 Å². The first-order valence-electron chi connectivity index (χ1n) is 10.3. The molecule has 0 atom stereocenters. The van der Waals surface area contributed by atoms with E-state index in [2.05, 4.69) is 35.4 Å². The number of carbonyl (C=O) groups excluding carboxylic acids is 1. The van der Waals surface area contributed by atoms with Crippen LogP contribution in [0.2, 0.25) is 4.34 Å². The van der Waals surface area contributed by atoms with Gasteiger partial charge < -0.3 is 20.6 Å². The van der Waals surface area contributed by atoms with Gasteiger partial charge in [-0.25, -0.2) is 19.3 Å². The van der Waals surface area contributed by atoms with E-state index in [1.54, 1.807) is 5.38 Å². The Morgan fingerprint density at radius 1 is 1.30 bits per heavy atom. The Morgan fingerprint density at radius 3 is 2.82 bits per heavy atom. The molecule has 0 aromatic carbocycles. The normalized spacial score (nSPS) is 14.5. The van der Waals surface area contributed by atoms with Gasteiger partial charge in [-0.15, -0.1) is 11.3 Å². The second kappa shape index (κ2) is 10.7. The highest BCUT2D eigenvalue weighted by Gasteiger charge is 2.20. The van der Waals surface area contributed by atoms with Gasteiger partial charge in [0, 0.05) is 49.7 Å². The van der Waals surface area contributed by atoms with E-state index in [0.717, 1.165) is 43.3 Å². The fourth-order valence-electron chi connectivity index (χ4n) is 3.44. The minimum Gasteiger partial charge on any atom is -0.395 e. The van der Waals surface area contributed by atoms with E-state index in [1.165, 1.54) is 17.5 Å². The molecule has 0 unspecified atom stereocenters. The van der Waals surface area contributed by atoms with E-state index >= 15 is 0 Å². The first kappa shape index (κ1) is 23.8. The highest BCUT2D eigenvalue weighted by atomic mass is 35.5. The highest BCUT2D eigenvalue weighted by Crippen LogP contribution is 2.34. The third-order valence-electron chi connectivity index (χ3n) is 5.11. The van der Waals surface area contributed by atoms with Crippen molar-refractivity contribution in [3.8, 4) is 0 Å². The number of aromatic nitrogens is 3. The van der Waals surface area contributed by atoms with Crippen LogP contribution in [0.4, 0.5) is 26.8 Å². The molecule has 3 aromatic rings. The van der Waals surface area contributed by atoms with Crippen LogP contribution in [0.1, 0.15) is 21.1 Å². The Labute approximate surface area is 203 Å². The maximum Gasteiger partial charge on any atom is 0.267 e. The van der Waals surface area contributed by atoms with Crippen molar-refractivity contribution in [3.05, 3.63) is 38.2 Å². The molecule has 0 bridgehead atoms. The van der Waals surface area contributed by atoms with Crippen molar-refractivity contribution < 1.29 is 14.3 Å². The number of aliphatic hydroxyl groups excluding tert-OH is 1. The van der Waals surface area contributed by atoms with Gasteiger partial charge >= 0.3 is 0 Å². The summed E-state index contributed by atoms with van der Waals surface area (Å²) in [5, 5.41) is 17.0. The summed E-state index contributed by atoms with van der Waals surface area (Å²) in [7, 11) is 0. The second-order valence-corrected chi connectivity index (χ2v) is 9.88. The summed E-state index contributed by atoms with van der Waals surface area (Å²) in [5.74, 6) is 1.61. The number of carbonyl (C=O) groups is 1. The van der Waals surface area contributed by atoms with E-state index in [4.69, 9.17) is 16.7 Å². The summed E-state index contributed by atoms with van der Waals surface area (Å²) in [6, 6.07) is 1.86. The number of nitrogens with zero attached hydrogens (tertiary/aromatic N) is 5. The van der Waals surface area contributed by atoms with Gasteiger partial charge in [-0.2, -0.15) is 0 Å². The van der Waals surface area contributed by atoms with Gasteiger partial charge in [-0.05, 0) is 6.92 Å². The summed E-state index contributed by atoms with van der Waals surface area (Å²) in [6.45, 7) is 5.28. The first-order chi connectivity index (χ1) is 16.0. The molecule has 0 radical (unpaired) electrons. The number of thiazole rings is 1. The number of halogens is 2. The van der Waals surface area contributed by atoms with Crippen molar-refractivity contribution in [1.29, 1.82) is 0 Å². The molecule has 0 aliphatic carbocycles. The molecule has 1 aliphatic rings. The fourth-order valence-corrected chi connectivity index (χ4v) is 5.18. The second-order valence-electron chi connectivity index (χ2n) is 7.36. The molecule has 1 saturated heterocycles. The molecule has 0 saturated carbocycles. The number of rotatable bonds is 8. The van der Waals surface area contributed by atoms with Crippen LogP contribution in [-0.2, 0) is 6.67 Å². The van der Waals surface area contributed by atoms with Crippen molar-refractivity contribution >= 4 is 62.6 Å². The Kier molecular flexibility index (Phi) is 7.71. The zero-order valence-corrected chi connectivity index (χ0v) is 20.2. The molecule has 33 heavy (non-hydrogen) atoms. The number of alkyl halides is 1. The Morgan fingerprint density at radius 2 is 2.09 bits per heavy atom.